The third-order valence-corrected chi connectivity index (χ3v) is 3.22. The van der Waals surface area contributed by atoms with Crippen molar-refractivity contribution in [3.8, 4) is 0 Å². The zero-order chi connectivity index (χ0) is 15.9. The number of unbranched alkanes of at least 4 members (excludes halogenated alkanes) is 1. The maximum absolute atomic E-state index is 9.30. The molecule has 1 rings (SSSR count). The predicted octanol–water partition coefficient (Wildman–Crippen LogP) is 2.80. The molecular weight excluding hydrogens is 264 g/mol. The second kappa shape index (κ2) is 8.17. The normalized spacial score (nSPS) is 11.5. The molecule has 0 saturated heterocycles. The summed E-state index contributed by atoms with van der Waals surface area (Å²) in [4.78, 5) is 11.5. The molecule has 2 N–H and O–H groups in total. The van der Waals surface area contributed by atoms with Gasteiger partial charge in [0.15, 0.2) is 0 Å². The van der Waals surface area contributed by atoms with Gasteiger partial charge in [0, 0.05) is 31.1 Å². The average Bonchev–Trinajstić information content (AvgIpc) is 2.42. The van der Waals surface area contributed by atoms with Crippen LogP contribution in [-0.4, -0.2) is 41.3 Å². The minimum absolute atomic E-state index is 0.101. The van der Waals surface area contributed by atoms with Crippen molar-refractivity contribution in [1.82, 2.24) is 9.97 Å². The van der Waals surface area contributed by atoms with E-state index >= 15 is 0 Å². The highest BCUT2D eigenvalue weighted by Crippen LogP contribution is 2.24. The molecule has 0 aliphatic heterocycles. The Labute approximate surface area is 128 Å². The number of aromatic nitrogens is 2. The van der Waals surface area contributed by atoms with Crippen LogP contribution in [0.15, 0.2) is 6.07 Å². The van der Waals surface area contributed by atoms with Crippen molar-refractivity contribution in [1.29, 1.82) is 0 Å². The van der Waals surface area contributed by atoms with Crippen LogP contribution in [0.5, 0.6) is 0 Å². The van der Waals surface area contributed by atoms with Crippen LogP contribution in [0.2, 0.25) is 0 Å². The Morgan fingerprint density at radius 1 is 1.19 bits per heavy atom. The van der Waals surface area contributed by atoms with Crippen LogP contribution in [0.1, 0.15) is 53.3 Å². The van der Waals surface area contributed by atoms with Crippen molar-refractivity contribution in [2.45, 2.75) is 52.9 Å². The van der Waals surface area contributed by atoms with Gasteiger partial charge in [-0.1, -0.05) is 34.1 Å². The van der Waals surface area contributed by atoms with Gasteiger partial charge in [0.25, 0.3) is 0 Å². The predicted molar refractivity (Wildman–Crippen MR) is 89.1 cm³/mol. The first-order valence-electron chi connectivity index (χ1n) is 7.91. The van der Waals surface area contributed by atoms with Crippen LogP contribution in [0.3, 0.4) is 0 Å². The van der Waals surface area contributed by atoms with Gasteiger partial charge in [0.05, 0.1) is 6.61 Å². The van der Waals surface area contributed by atoms with Crippen molar-refractivity contribution in [2.24, 2.45) is 0 Å². The van der Waals surface area contributed by atoms with Gasteiger partial charge in [0.2, 0.25) is 0 Å². The van der Waals surface area contributed by atoms with Gasteiger partial charge in [-0.05, 0) is 13.3 Å². The Balaban J connectivity index is 3.14. The van der Waals surface area contributed by atoms with Crippen LogP contribution in [0.4, 0.5) is 11.6 Å². The van der Waals surface area contributed by atoms with Crippen molar-refractivity contribution < 1.29 is 5.11 Å². The molecule has 1 heterocycles. The van der Waals surface area contributed by atoms with Gasteiger partial charge in [-0.3, -0.25) is 0 Å². The lowest BCUT2D eigenvalue weighted by molar-refractivity contribution is 0.301. The fraction of sp³-hybridized carbons (Fsp3) is 0.750. The molecule has 0 saturated carbocycles. The molecule has 0 aliphatic carbocycles. The highest BCUT2D eigenvalue weighted by molar-refractivity contribution is 5.50. The molecule has 0 unspecified atom stereocenters. The fourth-order valence-corrected chi connectivity index (χ4v) is 2.01. The van der Waals surface area contributed by atoms with Crippen molar-refractivity contribution >= 4 is 11.6 Å². The number of anilines is 2. The van der Waals surface area contributed by atoms with E-state index < -0.39 is 0 Å². The number of rotatable bonds is 8. The Morgan fingerprint density at radius 2 is 1.90 bits per heavy atom. The van der Waals surface area contributed by atoms with Gasteiger partial charge in [-0.25, -0.2) is 9.97 Å². The van der Waals surface area contributed by atoms with Gasteiger partial charge >= 0.3 is 0 Å². The second-order valence-corrected chi connectivity index (χ2v) is 6.28. The number of hydrogen-bond acceptors (Lipinski definition) is 5. The Morgan fingerprint density at radius 3 is 2.43 bits per heavy atom. The summed E-state index contributed by atoms with van der Waals surface area (Å²) < 4.78 is 0. The average molecular weight is 294 g/mol. The highest BCUT2D eigenvalue weighted by atomic mass is 16.3. The summed E-state index contributed by atoms with van der Waals surface area (Å²) in [6.45, 7) is 13.0. The molecule has 1 aromatic rings. The van der Waals surface area contributed by atoms with E-state index in [0.717, 1.165) is 43.4 Å². The maximum atomic E-state index is 9.30. The second-order valence-electron chi connectivity index (χ2n) is 6.28. The van der Waals surface area contributed by atoms with Gasteiger partial charge in [-0.15, -0.1) is 0 Å². The molecule has 0 fully saturated rings. The standard InChI is InChI=1S/C16H30N4O/c1-6-8-9-20(10-11-21)14-12-13(17-7-2)18-15(19-14)16(3,4)5/h12,21H,6-11H2,1-5H3,(H,17,18,19). The highest BCUT2D eigenvalue weighted by Gasteiger charge is 2.20. The number of hydrogen-bond donors (Lipinski definition) is 2. The third-order valence-electron chi connectivity index (χ3n) is 3.22. The molecule has 0 amide bonds. The van der Waals surface area contributed by atoms with Gasteiger partial charge in [-0.2, -0.15) is 0 Å². The molecule has 5 heteroatoms. The van der Waals surface area contributed by atoms with E-state index in [4.69, 9.17) is 4.98 Å². The smallest absolute Gasteiger partial charge is 0.138 e. The first-order chi connectivity index (χ1) is 9.92. The summed E-state index contributed by atoms with van der Waals surface area (Å²) in [5.74, 6) is 2.58. The summed E-state index contributed by atoms with van der Waals surface area (Å²) in [5.41, 5.74) is -0.101. The molecule has 0 radical (unpaired) electrons. The van der Waals surface area contributed by atoms with Crippen molar-refractivity contribution in [2.75, 3.05) is 36.5 Å². The number of nitrogens with zero attached hydrogens (tertiary/aromatic N) is 3. The summed E-state index contributed by atoms with van der Waals surface area (Å²) in [7, 11) is 0. The van der Waals surface area contributed by atoms with Crippen LogP contribution < -0.4 is 10.2 Å². The SMILES string of the molecule is CCCCN(CCO)c1cc(NCC)nc(C(C)(C)C)n1. The third kappa shape index (κ3) is 5.50. The lowest BCUT2D eigenvalue weighted by Crippen LogP contribution is -2.30. The molecule has 0 aromatic carbocycles. The Bertz CT molecular complexity index is 429. The van der Waals surface area contributed by atoms with Crippen LogP contribution in [0.25, 0.3) is 0 Å². The van der Waals surface area contributed by atoms with E-state index in [1.807, 2.05) is 6.07 Å². The van der Waals surface area contributed by atoms with Crippen LogP contribution in [-0.2, 0) is 5.41 Å². The monoisotopic (exact) mass is 294 g/mol. The molecule has 0 atom stereocenters. The van der Waals surface area contributed by atoms with E-state index in [-0.39, 0.29) is 12.0 Å². The van der Waals surface area contributed by atoms with Crippen LogP contribution in [0, 0.1) is 0 Å². The zero-order valence-electron chi connectivity index (χ0n) is 14.1. The minimum atomic E-state index is -0.101. The summed E-state index contributed by atoms with van der Waals surface area (Å²) >= 11 is 0. The molecule has 120 valence electrons. The van der Waals surface area contributed by atoms with Gasteiger partial charge < -0.3 is 15.3 Å². The Kier molecular flexibility index (Phi) is 6.89. The summed E-state index contributed by atoms with van der Waals surface area (Å²) in [5, 5.41) is 12.6. The molecule has 0 spiro atoms. The fourth-order valence-electron chi connectivity index (χ4n) is 2.01. The lowest BCUT2D eigenvalue weighted by Gasteiger charge is -2.26. The van der Waals surface area contributed by atoms with E-state index in [2.05, 4.69) is 49.8 Å². The molecule has 0 bridgehead atoms. The van der Waals surface area contributed by atoms with E-state index in [1.54, 1.807) is 0 Å². The molecular formula is C16H30N4O. The summed E-state index contributed by atoms with van der Waals surface area (Å²) in [6, 6.07) is 1.98. The topological polar surface area (TPSA) is 61.3 Å². The molecule has 1 aromatic heterocycles. The molecule has 5 nitrogen and oxygen atoms in total. The first kappa shape index (κ1) is 17.7. The summed E-state index contributed by atoms with van der Waals surface area (Å²) in [6.07, 6.45) is 2.21. The van der Waals surface area contributed by atoms with E-state index in [1.165, 1.54) is 0 Å². The Hall–Kier alpha value is -1.36. The molecule has 21 heavy (non-hydrogen) atoms. The maximum Gasteiger partial charge on any atom is 0.138 e. The number of aliphatic hydroxyl groups excluding tert-OH is 1. The quantitative estimate of drug-likeness (QED) is 0.772. The number of nitrogens with one attached hydrogen (secondary N) is 1. The lowest BCUT2D eigenvalue weighted by atomic mass is 9.96. The van der Waals surface area contributed by atoms with Crippen molar-refractivity contribution in [3.05, 3.63) is 11.9 Å². The van der Waals surface area contributed by atoms with E-state index in [9.17, 15) is 5.11 Å². The minimum Gasteiger partial charge on any atom is -0.395 e. The van der Waals surface area contributed by atoms with Crippen LogP contribution >= 0.6 is 0 Å². The first-order valence-corrected chi connectivity index (χ1v) is 7.91. The molecule has 0 aliphatic rings. The zero-order valence-corrected chi connectivity index (χ0v) is 14.1. The van der Waals surface area contributed by atoms with E-state index in [0.29, 0.717) is 6.54 Å². The van der Waals surface area contributed by atoms with Crippen molar-refractivity contribution in [3.63, 3.8) is 0 Å². The number of aliphatic hydroxyl groups is 1. The van der Waals surface area contributed by atoms with Gasteiger partial charge in [0.1, 0.15) is 17.5 Å². The largest absolute Gasteiger partial charge is 0.395 e.